The van der Waals surface area contributed by atoms with Gasteiger partial charge in [0, 0.05) is 17.7 Å². The number of hydrogen-bond acceptors (Lipinski definition) is 2. The molecule has 0 aliphatic heterocycles. The summed E-state index contributed by atoms with van der Waals surface area (Å²) < 4.78 is 7.38. The Morgan fingerprint density at radius 1 is 1.05 bits per heavy atom. The lowest BCUT2D eigenvalue weighted by Gasteiger charge is -2.02. The Hall–Kier alpha value is -2.39. The Labute approximate surface area is 126 Å². The van der Waals surface area contributed by atoms with Gasteiger partial charge in [-0.25, -0.2) is 4.57 Å². The Balaban J connectivity index is 1.99. The standard InChI is InChI=1S/C18H21N2O/c1-21-18-9-5-4-8-17(18)7-3-2-6-16-10-13-20(14-11-16)15-12-19/h2-11,13-14H,12,15,19H2,1H3/q+1/b6-2+,7-3+. The molecule has 0 bridgehead atoms. The van der Waals surface area contributed by atoms with Crippen molar-refractivity contribution in [2.75, 3.05) is 13.7 Å². The second-order valence-corrected chi connectivity index (χ2v) is 4.62. The van der Waals surface area contributed by atoms with Gasteiger partial charge in [-0.2, -0.15) is 0 Å². The van der Waals surface area contributed by atoms with Crippen LogP contribution in [0.3, 0.4) is 0 Å². The Bertz CT molecular complexity index is 615. The van der Waals surface area contributed by atoms with Crippen LogP contribution in [0.5, 0.6) is 5.75 Å². The molecule has 108 valence electrons. The van der Waals surface area contributed by atoms with Gasteiger partial charge in [-0.15, -0.1) is 0 Å². The molecule has 0 spiro atoms. The monoisotopic (exact) mass is 281 g/mol. The summed E-state index contributed by atoms with van der Waals surface area (Å²) in [5.74, 6) is 0.879. The number of pyridine rings is 1. The highest BCUT2D eigenvalue weighted by Gasteiger charge is 1.97. The molecule has 0 fully saturated rings. The quantitative estimate of drug-likeness (QED) is 0.653. The highest BCUT2D eigenvalue weighted by molar-refractivity contribution is 5.60. The number of aromatic nitrogens is 1. The van der Waals surface area contributed by atoms with Crippen molar-refractivity contribution >= 4 is 12.2 Å². The lowest BCUT2D eigenvalue weighted by atomic mass is 10.2. The van der Waals surface area contributed by atoms with E-state index >= 15 is 0 Å². The second kappa shape index (κ2) is 8.02. The third-order valence-electron chi connectivity index (χ3n) is 3.12. The second-order valence-electron chi connectivity index (χ2n) is 4.62. The summed E-state index contributed by atoms with van der Waals surface area (Å²) in [4.78, 5) is 0. The Kier molecular flexibility index (Phi) is 5.73. The fourth-order valence-corrected chi connectivity index (χ4v) is 2.01. The summed E-state index contributed by atoms with van der Waals surface area (Å²) in [6, 6.07) is 12.1. The van der Waals surface area contributed by atoms with Gasteiger partial charge in [0.25, 0.3) is 0 Å². The zero-order chi connectivity index (χ0) is 14.9. The first-order chi connectivity index (χ1) is 10.3. The van der Waals surface area contributed by atoms with Crippen LogP contribution in [0.25, 0.3) is 12.2 Å². The lowest BCUT2D eigenvalue weighted by Crippen LogP contribution is -2.36. The van der Waals surface area contributed by atoms with Gasteiger partial charge in [0.15, 0.2) is 18.9 Å². The van der Waals surface area contributed by atoms with Crippen molar-refractivity contribution < 1.29 is 9.30 Å². The number of para-hydroxylation sites is 1. The van der Waals surface area contributed by atoms with Crippen molar-refractivity contribution in [1.29, 1.82) is 0 Å². The summed E-state index contributed by atoms with van der Waals surface area (Å²) in [6.45, 7) is 1.50. The Morgan fingerprint density at radius 2 is 1.76 bits per heavy atom. The fraction of sp³-hybridized carbons (Fsp3) is 0.167. The maximum Gasteiger partial charge on any atom is 0.169 e. The molecule has 2 rings (SSSR count). The van der Waals surface area contributed by atoms with Gasteiger partial charge >= 0.3 is 0 Å². The van der Waals surface area contributed by atoms with Crippen LogP contribution in [0.15, 0.2) is 60.9 Å². The zero-order valence-corrected chi connectivity index (χ0v) is 12.3. The molecule has 1 heterocycles. The molecule has 3 heteroatoms. The molecule has 0 aliphatic rings. The number of nitrogens with zero attached hydrogens (tertiary/aromatic N) is 1. The van der Waals surface area contributed by atoms with Crippen molar-refractivity contribution in [2.24, 2.45) is 5.73 Å². The van der Waals surface area contributed by atoms with Gasteiger partial charge in [0.05, 0.1) is 13.7 Å². The number of benzene rings is 1. The summed E-state index contributed by atoms with van der Waals surface area (Å²) in [6.07, 6.45) is 12.2. The molecule has 0 radical (unpaired) electrons. The van der Waals surface area contributed by atoms with Crippen LogP contribution in [0, 0.1) is 0 Å². The average Bonchev–Trinajstić information content (AvgIpc) is 2.54. The number of methoxy groups -OCH3 is 1. The van der Waals surface area contributed by atoms with E-state index in [0.717, 1.165) is 23.4 Å². The number of allylic oxidation sites excluding steroid dienone is 2. The molecule has 3 nitrogen and oxygen atoms in total. The molecule has 1 aromatic heterocycles. The molecular weight excluding hydrogens is 260 g/mol. The minimum Gasteiger partial charge on any atom is -0.496 e. The highest BCUT2D eigenvalue weighted by Crippen LogP contribution is 2.18. The van der Waals surface area contributed by atoms with E-state index in [9.17, 15) is 0 Å². The van der Waals surface area contributed by atoms with Crippen LogP contribution in [0.2, 0.25) is 0 Å². The van der Waals surface area contributed by atoms with Crippen LogP contribution in [0.4, 0.5) is 0 Å². The van der Waals surface area contributed by atoms with Crippen LogP contribution in [0.1, 0.15) is 11.1 Å². The Morgan fingerprint density at radius 3 is 2.48 bits per heavy atom. The molecule has 0 amide bonds. The number of hydrogen-bond donors (Lipinski definition) is 1. The van der Waals surface area contributed by atoms with Gasteiger partial charge in [0.2, 0.25) is 0 Å². The maximum absolute atomic E-state index is 5.52. The molecule has 0 unspecified atom stereocenters. The van der Waals surface area contributed by atoms with Crippen molar-refractivity contribution in [2.45, 2.75) is 6.54 Å². The first-order valence-corrected chi connectivity index (χ1v) is 7.00. The van der Waals surface area contributed by atoms with E-state index < -0.39 is 0 Å². The van der Waals surface area contributed by atoms with E-state index in [2.05, 4.69) is 22.8 Å². The van der Waals surface area contributed by atoms with Crippen LogP contribution in [-0.4, -0.2) is 13.7 Å². The van der Waals surface area contributed by atoms with Crippen LogP contribution in [-0.2, 0) is 6.54 Å². The van der Waals surface area contributed by atoms with Crippen LogP contribution >= 0.6 is 0 Å². The van der Waals surface area contributed by atoms with Gasteiger partial charge in [0.1, 0.15) is 5.75 Å². The summed E-state index contributed by atoms with van der Waals surface area (Å²) in [5, 5.41) is 0. The molecule has 2 aromatic rings. The van der Waals surface area contributed by atoms with Gasteiger partial charge in [-0.3, -0.25) is 0 Å². The van der Waals surface area contributed by atoms with E-state index in [1.165, 1.54) is 0 Å². The predicted octanol–water partition coefficient (Wildman–Crippen LogP) is 2.67. The van der Waals surface area contributed by atoms with E-state index in [1.807, 2.05) is 54.9 Å². The minimum absolute atomic E-state index is 0.654. The normalized spacial score (nSPS) is 11.3. The fourth-order valence-electron chi connectivity index (χ4n) is 2.01. The van der Waals surface area contributed by atoms with E-state index in [4.69, 9.17) is 10.5 Å². The van der Waals surface area contributed by atoms with Gasteiger partial charge in [-0.1, -0.05) is 42.5 Å². The first kappa shape index (κ1) is 15.0. The summed E-state index contributed by atoms with van der Waals surface area (Å²) in [7, 11) is 1.68. The topological polar surface area (TPSA) is 39.1 Å². The largest absolute Gasteiger partial charge is 0.496 e. The van der Waals surface area contributed by atoms with E-state index in [1.54, 1.807) is 7.11 Å². The van der Waals surface area contributed by atoms with Crippen molar-refractivity contribution in [3.63, 3.8) is 0 Å². The maximum atomic E-state index is 5.52. The van der Waals surface area contributed by atoms with Gasteiger partial charge in [-0.05, 0) is 11.6 Å². The van der Waals surface area contributed by atoms with E-state index in [-0.39, 0.29) is 0 Å². The molecule has 0 saturated carbocycles. The SMILES string of the molecule is COc1ccccc1/C=C/C=C/c1cc[n+](CCN)cc1. The molecular formula is C18H21N2O+. The molecule has 0 aliphatic carbocycles. The zero-order valence-electron chi connectivity index (χ0n) is 12.3. The van der Waals surface area contributed by atoms with E-state index in [0.29, 0.717) is 6.54 Å². The minimum atomic E-state index is 0.654. The third kappa shape index (κ3) is 4.58. The first-order valence-electron chi connectivity index (χ1n) is 7.00. The molecule has 0 saturated heterocycles. The number of rotatable bonds is 6. The van der Waals surface area contributed by atoms with Gasteiger partial charge < -0.3 is 10.5 Å². The van der Waals surface area contributed by atoms with Crippen molar-refractivity contribution in [1.82, 2.24) is 0 Å². The van der Waals surface area contributed by atoms with Crippen molar-refractivity contribution in [3.8, 4) is 5.75 Å². The number of nitrogens with two attached hydrogens (primary N) is 1. The molecule has 2 N–H and O–H groups in total. The van der Waals surface area contributed by atoms with Crippen molar-refractivity contribution in [3.05, 3.63) is 72.1 Å². The number of ether oxygens (including phenoxy) is 1. The molecule has 21 heavy (non-hydrogen) atoms. The smallest absolute Gasteiger partial charge is 0.169 e. The third-order valence-corrected chi connectivity index (χ3v) is 3.12. The van der Waals surface area contributed by atoms with Crippen LogP contribution < -0.4 is 15.0 Å². The average molecular weight is 281 g/mol. The molecule has 1 aromatic carbocycles. The summed E-state index contributed by atoms with van der Waals surface area (Å²) >= 11 is 0. The predicted molar refractivity (Wildman–Crippen MR) is 86.8 cm³/mol. The lowest BCUT2D eigenvalue weighted by molar-refractivity contribution is -0.694. The highest BCUT2D eigenvalue weighted by atomic mass is 16.5. The summed E-state index contributed by atoms with van der Waals surface area (Å²) in [5.41, 5.74) is 7.75. The molecule has 0 atom stereocenters.